The van der Waals surface area contributed by atoms with Crippen LogP contribution in [0.2, 0.25) is 0 Å². The second-order valence-electron chi connectivity index (χ2n) is 6.44. The molecule has 0 bridgehead atoms. The first kappa shape index (κ1) is 13.9. The summed E-state index contributed by atoms with van der Waals surface area (Å²) in [7, 11) is 0. The third-order valence-corrected chi connectivity index (χ3v) is 4.67. The number of carbonyl (C=O) groups excluding carboxylic acids is 2. The van der Waals surface area contributed by atoms with Crippen molar-refractivity contribution < 1.29 is 14.3 Å². The minimum absolute atomic E-state index is 0.0197. The Morgan fingerprint density at radius 1 is 1.20 bits per heavy atom. The molecule has 1 spiro atoms. The predicted molar refractivity (Wildman–Crippen MR) is 74.1 cm³/mol. The van der Waals surface area contributed by atoms with E-state index in [1.165, 1.54) is 12.8 Å². The Hall–Kier alpha value is -1.10. The highest BCUT2D eigenvalue weighted by Crippen LogP contribution is 2.32. The summed E-state index contributed by atoms with van der Waals surface area (Å²) >= 11 is 0. The van der Waals surface area contributed by atoms with E-state index in [1.54, 1.807) is 4.90 Å². The number of piperazine rings is 1. The van der Waals surface area contributed by atoms with Gasteiger partial charge in [-0.3, -0.25) is 9.59 Å². The molecule has 3 aliphatic rings. The lowest BCUT2D eigenvalue weighted by atomic mass is 9.79. The Morgan fingerprint density at radius 3 is 2.65 bits per heavy atom. The van der Waals surface area contributed by atoms with Crippen LogP contribution >= 0.6 is 0 Å². The van der Waals surface area contributed by atoms with E-state index in [2.05, 4.69) is 5.32 Å². The first-order chi connectivity index (χ1) is 9.70. The van der Waals surface area contributed by atoms with Crippen molar-refractivity contribution in [2.75, 3.05) is 26.3 Å². The van der Waals surface area contributed by atoms with Crippen LogP contribution in [0.4, 0.5) is 0 Å². The van der Waals surface area contributed by atoms with Crippen LogP contribution in [0.3, 0.4) is 0 Å². The molecule has 112 valence electrons. The van der Waals surface area contributed by atoms with E-state index in [1.807, 2.05) is 0 Å². The van der Waals surface area contributed by atoms with Gasteiger partial charge in [-0.1, -0.05) is 19.3 Å². The molecule has 1 saturated heterocycles. The highest BCUT2D eigenvalue weighted by molar-refractivity contribution is 5.98. The van der Waals surface area contributed by atoms with Crippen LogP contribution < -0.4 is 5.32 Å². The van der Waals surface area contributed by atoms with Gasteiger partial charge in [0.05, 0.1) is 13.2 Å². The smallest absolute Gasteiger partial charge is 0.248 e. The van der Waals surface area contributed by atoms with E-state index in [4.69, 9.17) is 4.74 Å². The number of carbonyl (C=O) groups is 2. The lowest BCUT2D eigenvalue weighted by molar-refractivity contribution is -0.152. The first-order valence-corrected chi connectivity index (χ1v) is 7.88. The summed E-state index contributed by atoms with van der Waals surface area (Å²) in [5.41, 5.74) is -0.607. The van der Waals surface area contributed by atoms with Crippen LogP contribution in [0.1, 0.15) is 44.9 Å². The summed E-state index contributed by atoms with van der Waals surface area (Å²) in [5.74, 6) is 0.820. The van der Waals surface area contributed by atoms with E-state index in [0.717, 1.165) is 44.6 Å². The molecular formula is C15H24N2O3. The summed E-state index contributed by atoms with van der Waals surface area (Å²) in [6.07, 6.45) is 7.34. The number of nitrogens with one attached hydrogen (secondary N) is 1. The zero-order chi connectivity index (χ0) is 14.0. The number of hydrogen-bond acceptors (Lipinski definition) is 3. The SMILES string of the molecule is O=C1CN(CCOCC2CC2)C(=O)C2(CCCCC2)N1. The molecule has 1 aliphatic heterocycles. The third kappa shape index (κ3) is 2.97. The average Bonchev–Trinajstić information content (AvgIpc) is 3.25. The van der Waals surface area contributed by atoms with Crippen LogP contribution in [0, 0.1) is 5.92 Å². The van der Waals surface area contributed by atoms with Gasteiger partial charge >= 0.3 is 0 Å². The molecule has 0 aromatic rings. The van der Waals surface area contributed by atoms with Crippen LogP contribution in [0.5, 0.6) is 0 Å². The molecule has 2 amide bonds. The fraction of sp³-hybridized carbons (Fsp3) is 0.867. The topological polar surface area (TPSA) is 58.6 Å². The maximum atomic E-state index is 12.6. The molecular weight excluding hydrogens is 256 g/mol. The summed E-state index contributed by atoms with van der Waals surface area (Å²) < 4.78 is 5.59. The van der Waals surface area contributed by atoms with Crippen LogP contribution in [-0.2, 0) is 14.3 Å². The Kier molecular flexibility index (Phi) is 3.96. The molecule has 3 rings (SSSR count). The molecule has 1 N–H and O–H groups in total. The quantitative estimate of drug-likeness (QED) is 0.767. The van der Waals surface area contributed by atoms with Crippen molar-refractivity contribution in [3.63, 3.8) is 0 Å². The third-order valence-electron chi connectivity index (χ3n) is 4.67. The molecule has 5 heteroatoms. The van der Waals surface area contributed by atoms with Crippen molar-refractivity contribution >= 4 is 11.8 Å². The lowest BCUT2D eigenvalue weighted by Gasteiger charge is -2.44. The van der Waals surface area contributed by atoms with Crippen molar-refractivity contribution in [2.24, 2.45) is 5.92 Å². The second-order valence-corrected chi connectivity index (χ2v) is 6.44. The van der Waals surface area contributed by atoms with Crippen LogP contribution in [-0.4, -0.2) is 48.6 Å². The molecule has 0 atom stereocenters. The van der Waals surface area contributed by atoms with E-state index in [0.29, 0.717) is 13.2 Å². The number of amides is 2. The Morgan fingerprint density at radius 2 is 1.95 bits per heavy atom. The predicted octanol–water partition coefficient (Wildman–Crippen LogP) is 1.07. The molecule has 2 saturated carbocycles. The van der Waals surface area contributed by atoms with Crippen molar-refractivity contribution in [3.8, 4) is 0 Å². The fourth-order valence-electron chi connectivity index (χ4n) is 3.29. The number of ether oxygens (including phenoxy) is 1. The van der Waals surface area contributed by atoms with Crippen molar-refractivity contribution in [3.05, 3.63) is 0 Å². The van der Waals surface area contributed by atoms with Gasteiger partial charge in [-0.2, -0.15) is 0 Å². The number of nitrogens with zero attached hydrogens (tertiary/aromatic N) is 1. The van der Waals surface area contributed by atoms with E-state index < -0.39 is 5.54 Å². The highest BCUT2D eigenvalue weighted by Gasteiger charge is 2.46. The molecule has 1 heterocycles. The largest absolute Gasteiger partial charge is 0.379 e. The summed E-state index contributed by atoms with van der Waals surface area (Å²) in [6, 6.07) is 0. The molecule has 3 fully saturated rings. The normalized spacial score (nSPS) is 25.9. The molecule has 0 radical (unpaired) electrons. The van der Waals surface area contributed by atoms with Gasteiger partial charge in [0, 0.05) is 13.2 Å². The lowest BCUT2D eigenvalue weighted by Crippen LogP contribution is -2.67. The average molecular weight is 280 g/mol. The van der Waals surface area contributed by atoms with Gasteiger partial charge < -0.3 is 15.0 Å². The summed E-state index contributed by atoms with van der Waals surface area (Å²) in [5, 5.41) is 2.96. The standard InChI is InChI=1S/C15H24N2O3/c18-13-10-17(8-9-20-11-12-4-5-12)14(19)15(16-13)6-2-1-3-7-15/h12H,1-11H2,(H,16,18). The molecule has 0 aromatic heterocycles. The molecule has 2 aliphatic carbocycles. The molecule has 20 heavy (non-hydrogen) atoms. The minimum Gasteiger partial charge on any atom is -0.379 e. The summed E-state index contributed by atoms with van der Waals surface area (Å²) in [4.78, 5) is 26.2. The van der Waals surface area contributed by atoms with Crippen molar-refractivity contribution in [2.45, 2.75) is 50.5 Å². The number of rotatable bonds is 5. The van der Waals surface area contributed by atoms with Crippen molar-refractivity contribution in [1.82, 2.24) is 10.2 Å². The monoisotopic (exact) mass is 280 g/mol. The van der Waals surface area contributed by atoms with Crippen molar-refractivity contribution in [1.29, 1.82) is 0 Å². The zero-order valence-electron chi connectivity index (χ0n) is 12.0. The molecule has 0 unspecified atom stereocenters. The fourth-order valence-corrected chi connectivity index (χ4v) is 3.29. The maximum Gasteiger partial charge on any atom is 0.248 e. The Labute approximate surface area is 120 Å². The molecule has 0 aromatic carbocycles. The van der Waals surface area contributed by atoms with Gasteiger partial charge in [-0.15, -0.1) is 0 Å². The van der Waals surface area contributed by atoms with Crippen LogP contribution in [0.15, 0.2) is 0 Å². The van der Waals surface area contributed by atoms with Gasteiger partial charge in [-0.05, 0) is 31.6 Å². The van der Waals surface area contributed by atoms with E-state index in [9.17, 15) is 9.59 Å². The van der Waals surface area contributed by atoms with Gasteiger partial charge in [-0.25, -0.2) is 0 Å². The second kappa shape index (κ2) is 5.72. The van der Waals surface area contributed by atoms with Gasteiger partial charge in [0.25, 0.3) is 0 Å². The minimum atomic E-state index is -0.607. The molecule has 5 nitrogen and oxygen atoms in total. The van der Waals surface area contributed by atoms with Gasteiger partial charge in [0.2, 0.25) is 11.8 Å². The highest BCUT2D eigenvalue weighted by atomic mass is 16.5. The zero-order valence-corrected chi connectivity index (χ0v) is 12.0. The Balaban J connectivity index is 1.55. The van der Waals surface area contributed by atoms with E-state index >= 15 is 0 Å². The van der Waals surface area contributed by atoms with Gasteiger partial charge in [0.1, 0.15) is 5.54 Å². The number of hydrogen-bond donors (Lipinski definition) is 1. The Bertz CT molecular complexity index is 387. The van der Waals surface area contributed by atoms with Crippen LogP contribution in [0.25, 0.3) is 0 Å². The van der Waals surface area contributed by atoms with E-state index in [-0.39, 0.29) is 18.4 Å². The maximum absolute atomic E-state index is 12.6. The summed E-state index contributed by atoms with van der Waals surface area (Å²) in [6.45, 7) is 2.08. The first-order valence-electron chi connectivity index (χ1n) is 7.88. The van der Waals surface area contributed by atoms with Gasteiger partial charge in [0.15, 0.2) is 0 Å².